The number of nitrogens with one attached hydrogen (secondary N) is 1. The van der Waals surface area contributed by atoms with E-state index < -0.39 is 0 Å². The van der Waals surface area contributed by atoms with Crippen molar-refractivity contribution < 1.29 is 0 Å². The second kappa shape index (κ2) is 5.33. The van der Waals surface area contributed by atoms with Crippen LogP contribution < -0.4 is 5.32 Å². The Hall–Kier alpha value is -1.33. The quantitative estimate of drug-likeness (QED) is 0.861. The number of benzene rings is 1. The summed E-state index contributed by atoms with van der Waals surface area (Å²) in [5.41, 5.74) is 2.32. The third kappa shape index (κ3) is 2.87. The van der Waals surface area contributed by atoms with Crippen LogP contribution in [0.25, 0.3) is 0 Å². The maximum atomic E-state index is 9.38. The van der Waals surface area contributed by atoms with Crippen LogP contribution in [0.4, 0.5) is 0 Å². The molecule has 2 nitrogen and oxygen atoms in total. The van der Waals surface area contributed by atoms with E-state index >= 15 is 0 Å². The van der Waals surface area contributed by atoms with Crippen LogP contribution in [-0.2, 0) is 6.54 Å². The lowest BCUT2D eigenvalue weighted by atomic mass is 9.82. The Kier molecular flexibility index (Phi) is 3.81. The van der Waals surface area contributed by atoms with Crippen molar-refractivity contribution in [1.29, 1.82) is 5.26 Å². The van der Waals surface area contributed by atoms with Gasteiger partial charge in [-0.05, 0) is 30.9 Å². The van der Waals surface area contributed by atoms with Gasteiger partial charge in [-0.2, -0.15) is 5.26 Å². The maximum absolute atomic E-state index is 9.38. The first-order valence-electron chi connectivity index (χ1n) is 6.47. The van der Waals surface area contributed by atoms with Crippen molar-refractivity contribution in [3.8, 4) is 6.07 Å². The molecule has 0 saturated heterocycles. The topological polar surface area (TPSA) is 35.8 Å². The van der Waals surface area contributed by atoms with Gasteiger partial charge in [0.25, 0.3) is 0 Å². The number of hydrogen-bond acceptors (Lipinski definition) is 2. The Balaban J connectivity index is 2.01. The minimum atomic E-state index is -0.277. The SMILES string of the molecule is Cc1ccccc1CNC1(C#N)CCCCC1. The van der Waals surface area contributed by atoms with Crippen molar-refractivity contribution in [1.82, 2.24) is 5.32 Å². The third-order valence-electron chi connectivity index (χ3n) is 3.80. The summed E-state index contributed by atoms with van der Waals surface area (Å²) in [4.78, 5) is 0. The molecule has 0 aromatic heterocycles. The lowest BCUT2D eigenvalue weighted by Gasteiger charge is -2.32. The number of nitrogens with zero attached hydrogens (tertiary/aromatic N) is 1. The standard InChI is InChI=1S/C15H20N2/c1-13-7-3-4-8-14(13)11-17-15(12-16)9-5-2-6-10-15/h3-4,7-8,17H,2,5-6,9-11H2,1H3. The van der Waals surface area contributed by atoms with Crippen molar-refractivity contribution in [2.45, 2.75) is 51.1 Å². The number of nitriles is 1. The molecule has 0 spiro atoms. The van der Waals surface area contributed by atoms with Gasteiger partial charge in [-0.15, -0.1) is 0 Å². The molecule has 0 heterocycles. The lowest BCUT2D eigenvalue weighted by Crippen LogP contribution is -2.45. The molecule has 0 aliphatic heterocycles. The van der Waals surface area contributed by atoms with E-state index in [9.17, 15) is 5.26 Å². The lowest BCUT2D eigenvalue weighted by molar-refractivity contribution is 0.296. The summed E-state index contributed by atoms with van der Waals surface area (Å²) in [5, 5.41) is 12.9. The van der Waals surface area contributed by atoms with Gasteiger partial charge in [0, 0.05) is 6.54 Å². The first kappa shape index (κ1) is 12.1. The van der Waals surface area contributed by atoms with Crippen LogP contribution in [0.15, 0.2) is 24.3 Å². The molecule has 0 amide bonds. The van der Waals surface area contributed by atoms with Crippen LogP contribution in [-0.4, -0.2) is 5.54 Å². The zero-order chi connectivity index (χ0) is 12.1. The van der Waals surface area contributed by atoms with E-state index in [1.807, 2.05) is 0 Å². The van der Waals surface area contributed by atoms with Crippen LogP contribution >= 0.6 is 0 Å². The largest absolute Gasteiger partial charge is 0.295 e. The predicted molar refractivity (Wildman–Crippen MR) is 69.4 cm³/mol. The second-order valence-corrected chi connectivity index (χ2v) is 5.03. The molecule has 1 aliphatic carbocycles. The smallest absolute Gasteiger partial charge is 0.107 e. The van der Waals surface area contributed by atoms with Crippen LogP contribution in [0.2, 0.25) is 0 Å². The molecule has 2 rings (SSSR count). The summed E-state index contributed by atoms with van der Waals surface area (Å²) < 4.78 is 0. The zero-order valence-electron chi connectivity index (χ0n) is 10.5. The number of aryl methyl sites for hydroxylation is 1. The van der Waals surface area contributed by atoms with Crippen LogP contribution in [0.1, 0.15) is 43.2 Å². The van der Waals surface area contributed by atoms with Crippen LogP contribution in [0.3, 0.4) is 0 Å². The highest BCUT2D eigenvalue weighted by Crippen LogP contribution is 2.28. The van der Waals surface area contributed by atoms with Gasteiger partial charge in [0.1, 0.15) is 5.54 Å². The van der Waals surface area contributed by atoms with E-state index in [4.69, 9.17) is 0 Å². The van der Waals surface area contributed by atoms with Gasteiger partial charge >= 0.3 is 0 Å². The summed E-state index contributed by atoms with van der Waals surface area (Å²) in [6.45, 7) is 2.93. The van der Waals surface area contributed by atoms with Crippen molar-refractivity contribution in [3.05, 3.63) is 35.4 Å². The van der Waals surface area contributed by atoms with Gasteiger partial charge < -0.3 is 0 Å². The molecular formula is C15H20N2. The first-order valence-corrected chi connectivity index (χ1v) is 6.47. The van der Waals surface area contributed by atoms with Gasteiger partial charge in [0.2, 0.25) is 0 Å². The van der Waals surface area contributed by atoms with E-state index in [0.29, 0.717) is 0 Å². The average Bonchev–Trinajstić information content (AvgIpc) is 2.39. The molecule has 1 aromatic carbocycles. The van der Waals surface area contributed by atoms with Gasteiger partial charge in [-0.25, -0.2) is 0 Å². The third-order valence-corrected chi connectivity index (χ3v) is 3.80. The Bertz CT molecular complexity index is 411. The zero-order valence-corrected chi connectivity index (χ0v) is 10.5. The van der Waals surface area contributed by atoms with Crippen molar-refractivity contribution in [2.24, 2.45) is 0 Å². The van der Waals surface area contributed by atoms with Crippen molar-refractivity contribution in [3.63, 3.8) is 0 Å². The molecule has 0 atom stereocenters. The average molecular weight is 228 g/mol. The summed E-state index contributed by atoms with van der Waals surface area (Å²) >= 11 is 0. The normalized spacial score (nSPS) is 18.6. The minimum Gasteiger partial charge on any atom is -0.295 e. The minimum absolute atomic E-state index is 0.277. The predicted octanol–water partition coefficient (Wildman–Crippen LogP) is 3.31. The van der Waals surface area contributed by atoms with E-state index in [0.717, 1.165) is 19.4 Å². The monoisotopic (exact) mass is 228 g/mol. The molecule has 1 aliphatic rings. The highest BCUT2D eigenvalue weighted by Gasteiger charge is 2.31. The molecule has 1 N–H and O–H groups in total. The molecule has 2 heteroatoms. The van der Waals surface area contributed by atoms with E-state index in [1.54, 1.807) is 0 Å². The number of hydrogen-bond donors (Lipinski definition) is 1. The maximum Gasteiger partial charge on any atom is 0.107 e. The van der Waals surface area contributed by atoms with Gasteiger partial charge in [0.05, 0.1) is 6.07 Å². The second-order valence-electron chi connectivity index (χ2n) is 5.03. The summed E-state index contributed by atoms with van der Waals surface area (Å²) in [7, 11) is 0. The molecule has 90 valence electrons. The Morgan fingerprint density at radius 1 is 1.24 bits per heavy atom. The molecule has 1 fully saturated rings. The Labute approximate surface area is 104 Å². The van der Waals surface area contributed by atoms with E-state index in [-0.39, 0.29) is 5.54 Å². The summed E-state index contributed by atoms with van der Waals surface area (Å²) in [6.07, 6.45) is 5.61. The molecule has 0 unspecified atom stereocenters. The molecule has 17 heavy (non-hydrogen) atoms. The fourth-order valence-corrected chi connectivity index (χ4v) is 2.56. The molecule has 1 aromatic rings. The highest BCUT2D eigenvalue weighted by molar-refractivity contribution is 5.26. The van der Waals surface area contributed by atoms with Gasteiger partial charge in [0.15, 0.2) is 0 Å². The fraction of sp³-hybridized carbons (Fsp3) is 0.533. The summed E-state index contributed by atoms with van der Waals surface area (Å²) in [6, 6.07) is 10.9. The summed E-state index contributed by atoms with van der Waals surface area (Å²) in [5.74, 6) is 0. The first-order chi connectivity index (χ1) is 8.26. The Morgan fingerprint density at radius 3 is 2.59 bits per heavy atom. The van der Waals surface area contributed by atoms with Crippen molar-refractivity contribution >= 4 is 0 Å². The van der Waals surface area contributed by atoms with E-state index in [1.165, 1.54) is 30.4 Å². The van der Waals surface area contributed by atoms with Crippen LogP contribution in [0.5, 0.6) is 0 Å². The number of rotatable bonds is 3. The Morgan fingerprint density at radius 2 is 1.94 bits per heavy atom. The molecular weight excluding hydrogens is 208 g/mol. The van der Waals surface area contributed by atoms with Gasteiger partial charge in [-0.3, -0.25) is 5.32 Å². The molecule has 1 saturated carbocycles. The van der Waals surface area contributed by atoms with E-state index in [2.05, 4.69) is 42.6 Å². The van der Waals surface area contributed by atoms with Crippen molar-refractivity contribution in [2.75, 3.05) is 0 Å². The molecule has 0 radical (unpaired) electrons. The van der Waals surface area contributed by atoms with Crippen LogP contribution in [0, 0.1) is 18.3 Å². The molecule has 0 bridgehead atoms. The fourth-order valence-electron chi connectivity index (χ4n) is 2.56. The highest BCUT2D eigenvalue weighted by atomic mass is 15.0. The van der Waals surface area contributed by atoms with Gasteiger partial charge in [-0.1, -0.05) is 43.5 Å².